The van der Waals surface area contributed by atoms with Crippen LogP contribution >= 0.6 is 22.7 Å². The van der Waals surface area contributed by atoms with Crippen molar-refractivity contribution in [3.8, 4) is 16.9 Å². The van der Waals surface area contributed by atoms with Crippen LogP contribution < -0.4 is 14.9 Å². The summed E-state index contributed by atoms with van der Waals surface area (Å²) in [6, 6.07) is 23.0. The minimum absolute atomic E-state index is 0.215. The SMILES string of the molecule is COC(=O)C1=C(C)N=c2s/c(=C\c3cn(-c4ccccc4)nc3-c3ccccc3)c(=O)n2[C@H]1c1cccs1. The Kier molecular flexibility index (Phi) is 6.22. The number of benzene rings is 2. The predicted molar refractivity (Wildman–Crippen MR) is 149 cm³/mol. The molecular weight excluding hydrogens is 516 g/mol. The number of hydrogen-bond donors (Lipinski definition) is 0. The van der Waals surface area contributed by atoms with Crippen molar-refractivity contribution in [1.82, 2.24) is 14.3 Å². The van der Waals surface area contributed by atoms with E-state index in [-0.39, 0.29) is 5.56 Å². The fourth-order valence-electron chi connectivity index (χ4n) is 4.58. The normalized spacial score (nSPS) is 15.3. The van der Waals surface area contributed by atoms with Gasteiger partial charge in [-0.3, -0.25) is 9.36 Å². The molecule has 0 saturated heterocycles. The van der Waals surface area contributed by atoms with Gasteiger partial charge in [-0.15, -0.1) is 11.3 Å². The summed E-state index contributed by atoms with van der Waals surface area (Å²) in [4.78, 5) is 32.7. The third kappa shape index (κ3) is 4.15. The monoisotopic (exact) mass is 538 g/mol. The zero-order chi connectivity index (χ0) is 26.2. The summed E-state index contributed by atoms with van der Waals surface area (Å²) in [6.07, 6.45) is 3.79. The van der Waals surface area contributed by atoms with E-state index in [1.54, 1.807) is 11.5 Å². The minimum atomic E-state index is -0.596. The number of carbonyl (C=O) groups is 1. The van der Waals surface area contributed by atoms with Gasteiger partial charge in [-0.05, 0) is 36.6 Å². The number of allylic oxidation sites excluding steroid dienone is 1. The first-order chi connectivity index (χ1) is 18.5. The molecule has 38 heavy (non-hydrogen) atoms. The predicted octanol–water partition coefficient (Wildman–Crippen LogP) is 4.32. The molecule has 188 valence electrons. The maximum absolute atomic E-state index is 13.9. The van der Waals surface area contributed by atoms with Crippen molar-refractivity contribution in [3.05, 3.63) is 126 Å². The summed E-state index contributed by atoms with van der Waals surface area (Å²) in [6.45, 7) is 1.78. The molecule has 1 atom stereocenters. The third-order valence-electron chi connectivity index (χ3n) is 6.34. The number of methoxy groups -OCH3 is 1. The Balaban J connectivity index is 1.56. The second kappa shape index (κ2) is 9.85. The molecule has 5 aromatic rings. The summed E-state index contributed by atoms with van der Waals surface area (Å²) in [5.74, 6) is -0.491. The number of hydrogen-bond acceptors (Lipinski definition) is 7. The number of ether oxygens (including phenoxy) is 1. The molecular formula is C29H22N4O3S2. The Labute approximate surface area is 225 Å². The molecule has 0 amide bonds. The molecule has 0 N–H and O–H groups in total. The molecule has 4 heterocycles. The molecule has 1 aliphatic heterocycles. The Bertz CT molecular complexity index is 1850. The molecule has 3 aromatic heterocycles. The molecule has 1 aliphatic rings. The highest BCUT2D eigenvalue weighted by Crippen LogP contribution is 2.33. The minimum Gasteiger partial charge on any atom is -0.466 e. The first kappa shape index (κ1) is 24.0. The first-order valence-electron chi connectivity index (χ1n) is 11.9. The van der Waals surface area contributed by atoms with Gasteiger partial charge in [-0.2, -0.15) is 5.10 Å². The average molecular weight is 539 g/mol. The summed E-state index contributed by atoms with van der Waals surface area (Å²) in [5.41, 5.74) is 4.14. The van der Waals surface area contributed by atoms with E-state index in [1.807, 2.05) is 95.1 Å². The van der Waals surface area contributed by atoms with E-state index in [9.17, 15) is 9.59 Å². The Hall–Kier alpha value is -4.34. The third-order valence-corrected chi connectivity index (χ3v) is 8.24. The van der Waals surface area contributed by atoms with E-state index in [0.717, 1.165) is 27.4 Å². The van der Waals surface area contributed by atoms with Gasteiger partial charge in [-0.25, -0.2) is 14.5 Å². The number of carbonyl (C=O) groups excluding carboxylic acids is 1. The van der Waals surface area contributed by atoms with E-state index in [4.69, 9.17) is 9.84 Å². The average Bonchev–Trinajstić information content (AvgIpc) is 3.69. The van der Waals surface area contributed by atoms with Gasteiger partial charge in [0, 0.05) is 22.2 Å². The smallest absolute Gasteiger partial charge is 0.338 e. The maximum atomic E-state index is 13.9. The van der Waals surface area contributed by atoms with Crippen LogP contribution in [0.5, 0.6) is 0 Å². The number of aromatic nitrogens is 3. The topological polar surface area (TPSA) is 78.5 Å². The lowest BCUT2D eigenvalue weighted by Gasteiger charge is -2.22. The molecule has 0 saturated carbocycles. The zero-order valence-corrected chi connectivity index (χ0v) is 22.2. The highest BCUT2D eigenvalue weighted by molar-refractivity contribution is 7.10. The fourth-order valence-corrected chi connectivity index (χ4v) is 6.44. The molecule has 0 unspecified atom stereocenters. The molecule has 0 fully saturated rings. The van der Waals surface area contributed by atoms with Gasteiger partial charge in [0.2, 0.25) is 0 Å². The van der Waals surface area contributed by atoms with Crippen molar-refractivity contribution >= 4 is 34.7 Å². The molecule has 9 heteroatoms. The van der Waals surface area contributed by atoms with Gasteiger partial charge >= 0.3 is 5.97 Å². The van der Waals surface area contributed by atoms with Crippen LogP contribution in [0.4, 0.5) is 0 Å². The van der Waals surface area contributed by atoms with Crippen LogP contribution in [0.25, 0.3) is 23.0 Å². The first-order valence-corrected chi connectivity index (χ1v) is 13.6. The zero-order valence-electron chi connectivity index (χ0n) is 20.6. The van der Waals surface area contributed by atoms with Crippen LogP contribution in [0.3, 0.4) is 0 Å². The van der Waals surface area contributed by atoms with Crippen molar-refractivity contribution in [3.63, 3.8) is 0 Å². The van der Waals surface area contributed by atoms with E-state index < -0.39 is 12.0 Å². The molecule has 0 spiro atoms. The maximum Gasteiger partial charge on any atom is 0.338 e. The van der Waals surface area contributed by atoms with Gasteiger partial charge in [0.1, 0.15) is 6.04 Å². The van der Waals surface area contributed by atoms with Crippen LogP contribution in [0.2, 0.25) is 0 Å². The standard InChI is InChI=1S/C29H22N4O3S2/c1-18-24(28(35)36-2)26(22-14-9-15-37-22)33-27(34)23(38-29(33)30-18)16-20-17-32(21-12-7-4-8-13-21)31-25(20)19-10-5-3-6-11-19/h3-17,26H,1-2H3/b23-16-/t26-/m0/s1. The molecule has 0 radical (unpaired) electrons. The number of esters is 1. The summed E-state index contributed by atoms with van der Waals surface area (Å²) in [5, 5.41) is 6.79. The lowest BCUT2D eigenvalue weighted by Crippen LogP contribution is -2.39. The van der Waals surface area contributed by atoms with Gasteiger partial charge < -0.3 is 4.74 Å². The van der Waals surface area contributed by atoms with Crippen molar-refractivity contribution in [2.75, 3.05) is 7.11 Å². The summed E-state index contributed by atoms with van der Waals surface area (Å²) < 4.78 is 9.00. The number of thiazole rings is 1. The van der Waals surface area contributed by atoms with E-state index in [1.165, 1.54) is 29.8 Å². The van der Waals surface area contributed by atoms with E-state index >= 15 is 0 Å². The lowest BCUT2D eigenvalue weighted by atomic mass is 10.0. The Morgan fingerprint density at radius 1 is 1.03 bits per heavy atom. The molecule has 6 rings (SSSR count). The van der Waals surface area contributed by atoms with Crippen molar-refractivity contribution in [2.24, 2.45) is 4.99 Å². The highest BCUT2D eigenvalue weighted by atomic mass is 32.1. The Morgan fingerprint density at radius 2 is 1.76 bits per heavy atom. The van der Waals surface area contributed by atoms with Crippen LogP contribution in [-0.4, -0.2) is 27.4 Å². The lowest BCUT2D eigenvalue weighted by molar-refractivity contribution is -0.136. The second-order valence-electron chi connectivity index (χ2n) is 8.67. The van der Waals surface area contributed by atoms with Crippen LogP contribution in [-0.2, 0) is 9.53 Å². The van der Waals surface area contributed by atoms with Crippen LogP contribution in [0.1, 0.15) is 23.4 Å². The van der Waals surface area contributed by atoms with Gasteiger partial charge in [0.15, 0.2) is 4.80 Å². The largest absolute Gasteiger partial charge is 0.466 e. The molecule has 0 aliphatic carbocycles. The second-order valence-corrected chi connectivity index (χ2v) is 10.7. The number of fused-ring (bicyclic) bond motifs is 1. The van der Waals surface area contributed by atoms with E-state index in [2.05, 4.69) is 4.99 Å². The van der Waals surface area contributed by atoms with Crippen LogP contribution in [0, 0.1) is 0 Å². The molecule has 2 aromatic carbocycles. The molecule has 7 nitrogen and oxygen atoms in total. The number of thiophene rings is 1. The summed E-state index contributed by atoms with van der Waals surface area (Å²) >= 11 is 2.79. The number of rotatable bonds is 5. The number of para-hydroxylation sites is 1. The van der Waals surface area contributed by atoms with E-state index in [0.29, 0.717) is 20.6 Å². The van der Waals surface area contributed by atoms with Crippen LogP contribution in [0.15, 0.2) is 105 Å². The highest BCUT2D eigenvalue weighted by Gasteiger charge is 2.33. The van der Waals surface area contributed by atoms with Gasteiger partial charge in [0.05, 0.1) is 34.3 Å². The quantitative estimate of drug-likeness (QED) is 0.312. The van der Waals surface area contributed by atoms with Crippen molar-refractivity contribution < 1.29 is 9.53 Å². The number of nitrogens with zero attached hydrogens (tertiary/aromatic N) is 4. The van der Waals surface area contributed by atoms with Crippen molar-refractivity contribution in [1.29, 1.82) is 0 Å². The van der Waals surface area contributed by atoms with Gasteiger partial charge in [-0.1, -0.05) is 65.9 Å². The van der Waals surface area contributed by atoms with Crippen molar-refractivity contribution in [2.45, 2.75) is 13.0 Å². The van der Waals surface area contributed by atoms with Gasteiger partial charge in [0.25, 0.3) is 5.56 Å². The molecule has 0 bridgehead atoms. The Morgan fingerprint density at radius 3 is 2.45 bits per heavy atom. The summed E-state index contributed by atoms with van der Waals surface area (Å²) in [7, 11) is 1.34. The fraction of sp³-hybridized carbons (Fsp3) is 0.103.